The Balaban J connectivity index is 1.36. The molecule has 0 unspecified atom stereocenters. The molecule has 4 heterocycles. The van der Waals surface area contributed by atoms with Gasteiger partial charge in [-0.3, -0.25) is 4.79 Å². The molecule has 0 bridgehead atoms. The summed E-state index contributed by atoms with van der Waals surface area (Å²) in [6, 6.07) is 2.07. The molecule has 1 saturated heterocycles. The normalized spacial score (nSPS) is 15.3. The van der Waals surface area contributed by atoms with Gasteiger partial charge in [0.15, 0.2) is 5.13 Å². The second-order valence-electron chi connectivity index (χ2n) is 6.33. The number of hydrogen-bond acceptors (Lipinski definition) is 7. The third-order valence-electron chi connectivity index (χ3n) is 4.38. The van der Waals surface area contributed by atoms with Gasteiger partial charge in [0, 0.05) is 47.9 Å². The summed E-state index contributed by atoms with van der Waals surface area (Å²) in [6.07, 6.45) is 1.36. The average molecular weight is 405 g/mol. The first-order valence-electron chi connectivity index (χ1n) is 8.61. The van der Waals surface area contributed by atoms with Gasteiger partial charge in [-0.15, -0.1) is 22.7 Å². The number of anilines is 1. The number of rotatable bonds is 4. The third kappa shape index (κ3) is 3.97. The molecule has 0 radical (unpaired) electrons. The fraction of sp³-hybridized carbons (Fsp3) is 0.389. The predicted octanol–water partition coefficient (Wildman–Crippen LogP) is 3.92. The van der Waals surface area contributed by atoms with Crippen LogP contribution < -0.4 is 4.90 Å². The van der Waals surface area contributed by atoms with Crippen LogP contribution in [-0.4, -0.2) is 47.0 Å². The highest BCUT2D eigenvalue weighted by Crippen LogP contribution is 2.26. The first-order valence-corrected chi connectivity index (χ1v) is 11.3. The van der Waals surface area contributed by atoms with Crippen molar-refractivity contribution in [3.63, 3.8) is 0 Å². The molecule has 0 aliphatic carbocycles. The lowest BCUT2D eigenvalue weighted by Crippen LogP contribution is -2.36. The van der Waals surface area contributed by atoms with Crippen molar-refractivity contribution in [1.82, 2.24) is 14.9 Å². The van der Waals surface area contributed by atoms with E-state index in [1.807, 2.05) is 17.2 Å². The fourth-order valence-electron chi connectivity index (χ4n) is 3.02. The summed E-state index contributed by atoms with van der Waals surface area (Å²) in [7, 11) is 0. The Labute approximate surface area is 165 Å². The van der Waals surface area contributed by atoms with Gasteiger partial charge in [0.1, 0.15) is 5.01 Å². The van der Waals surface area contributed by atoms with Crippen LogP contribution in [0.4, 0.5) is 5.13 Å². The molecule has 4 rings (SSSR count). The number of aryl methyl sites for hydroxylation is 1. The Bertz CT molecular complexity index is 871. The minimum atomic E-state index is 0.171. The van der Waals surface area contributed by atoms with Crippen molar-refractivity contribution in [2.75, 3.05) is 31.1 Å². The number of thiazole rings is 2. The lowest BCUT2D eigenvalue weighted by Gasteiger charge is -2.21. The molecule has 1 amide bonds. The molecule has 3 aromatic heterocycles. The molecular weight excluding hydrogens is 384 g/mol. The molecule has 0 spiro atoms. The molecule has 1 fully saturated rings. The Kier molecular flexibility index (Phi) is 5.33. The van der Waals surface area contributed by atoms with E-state index in [9.17, 15) is 4.79 Å². The van der Waals surface area contributed by atoms with Crippen LogP contribution in [0.25, 0.3) is 10.6 Å². The summed E-state index contributed by atoms with van der Waals surface area (Å²) in [5.41, 5.74) is 3.08. The zero-order chi connectivity index (χ0) is 17.9. The van der Waals surface area contributed by atoms with E-state index in [-0.39, 0.29) is 5.91 Å². The standard InChI is InChI=1S/C18H20N4OS3/c1-13-10-26-18(19-13)22-5-2-4-21(6-7-22)16(23)9-15-12-25-17(20-15)14-3-8-24-11-14/h3,8,10-12H,2,4-7,9H2,1H3. The van der Waals surface area contributed by atoms with Crippen LogP contribution in [0.3, 0.4) is 0 Å². The van der Waals surface area contributed by atoms with Crippen molar-refractivity contribution in [3.8, 4) is 10.6 Å². The topological polar surface area (TPSA) is 49.3 Å². The Morgan fingerprint density at radius 1 is 1.12 bits per heavy atom. The van der Waals surface area contributed by atoms with Crippen molar-refractivity contribution < 1.29 is 4.79 Å². The van der Waals surface area contributed by atoms with Gasteiger partial charge >= 0.3 is 0 Å². The van der Waals surface area contributed by atoms with Crippen molar-refractivity contribution >= 4 is 45.0 Å². The van der Waals surface area contributed by atoms with E-state index in [1.165, 1.54) is 0 Å². The largest absolute Gasteiger partial charge is 0.346 e. The molecule has 3 aromatic rings. The van der Waals surface area contributed by atoms with E-state index in [0.29, 0.717) is 6.42 Å². The van der Waals surface area contributed by atoms with Crippen LogP contribution in [0.15, 0.2) is 27.6 Å². The minimum Gasteiger partial charge on any atom is -0.346 e. The molecule has 5 nitrogen and oxygen atoms in total. The van der Waals surface area contributed by atoms with Gasteiger partial charge in [-0.05, 0) is 24.8 Å². The van der Waals surface area contributed by atoms with Crippen LogP contribution >= 0.6 is 34.0 Å². The van der Waals surface area contributed by atoms with Gasteiger partial charge in [-0.25, -0.2) is 9.97 Å². The van der Waals surface area contributed by atoms with Crippen LogP contribution in [0, 0.1) is 6.92 Å². The molecule has 136 valence electrons. The van der Waals surface area contributed by atoms with E-state index in [1.54, 1.807) is 34.0 Å². The predicted molar refractivity (Wildman–Crippen MR) is 109 cm³/mol. The molecule has 0 aromatic carbocycles. The summed E-state index contributed by atoms with van der Waals surface area (Å²) in [4.78, 5) is 26.2. The molecule has 1 aliphatic rings. The lowest BCUT2D eigenvalue weighted by atomic mass is 10.3. The number of thiophene rings is 1. The van der Waals surface area contributed by atoms with E-state index >= 15 is 0 Å². The monoisotopic (exact) mass is 404 g/mol. The summed E-state index contributed by atoms with van der Waals surface area (Å²) < 4.78 is 0. The summed E-state index contributed by atoms with van der Waals surface area (Å²) >= 11 is 4.96. The molecule has 0 saturated carbocycles. The number of carbonyl (C=O) groups is 1. The molecule has 26 heavy (non-hydrogen) atoms. The van der Waals surface area contributed by atoms with Crippen LogP contribution in [-0.2, 0) is 11.2 Å². The number of nitrogens with zero attached hydrogens (tertiary/aromatic N) is 4. The van der Waals surface area contributed by atoms with Crippen LogP contribution in [0.2, 0.25) is 0 Å². The Morgan fingerprint density at radius 3 is 2.81 bits per heavy atom. The van der Waals surface area contributed by atoms with Crippen LogP contribution in [0.5, 0.6) is 0 Å². The van der Waals surface area contributed by atoms with Gasteiger partial charge in [0.05, 0.1) is 17.8 Å². The van der Waals surface area contributed by atoms with Crippen molar-refractivity contribution in [3.05, 3.63) is 39.0 Å². The first kappa shape index (κ1) is 17.6. The zero-order valence-electron chi connectivity index (χ0n) is 14.6. The van der Waals surface area contributed by atoms with Gasteiger partial charge in [0.2, 0.25) is 5.91 Å². The van der Waals surface area contributed by atoms with E-state index < -0.39 is 0 Å². The fourth-order valence-corrected chi connectivity index (χ4v) is 5.41. The highest BCUT2D eigenvalue weighted by molar-refractivity contribution is 7.14. The molecule has 8 heteroatoms. The van der Waals surface area contributed by atoms with Gasteiger partial charge in [0.25, 0.3) is 0 Å². The first-order chi connectivity index (χ1) is 12.7. The highest BCUT2D eigenvalue weighted by Gasteiger charge is 2.21. The lowest BCUT2D eigenvalue weighted by molar-refractivity contribution is -0.130. The SMILES string of the molecule is Cc1csc(N2CCCN(C(=O)Cc3csc(-c4ccsc4)n3)CC2)n1. The maximum atomic E-state index is 12.7. The van der Waals surface area contributed by atoms with E-state index in [2.05, 4.69) is 37.1 Å². The molecule has 1 aliphatic heterocycles. The van der Waals surface area contributed by atoms with Crippen molar-refractivity contribution in [2.45, 2.75) is 19.8 Å². The van der Waals surface area contributed by atoms with Crippen molar-refractivity contribution in [1.29, 1.82) is 0 Å². The summed E-state index contributed by atoms with van der Waals surface area (Å²) in [5.74, 6) is 0.171. The Hall–Kier alpha value is -1.77. The van der Waals surface area contributed by atoms with Gasteiger partial charge < -0.3 is 9.80 Å². The quantitative estimate of drug-likeness (QED) is 0.661. The maximum absolute atomic E-state index is 12.7. The van der Waals surface area contributed by atoms with E-state index in [0.717, 1.165) is 59.7 Å². The highest BCUT2D eigenvalue weighted by atomic mass is 32.1. The molecular formula is C18H20N4OS3. The average Bonchev–Trinajstić information content (AvgIpc) is 3.35. The van der Waals surface area contributed by atoms with Gasteiger partial charge in [-0.2, -0.15) is 11.3 Å². The summed E-state index contributed by atoms with van der Waals surface area (Å²) in [6.45, 7) is 5.37. The zero-order valence-corrected chi connectivity index (χ0v) is 17.0. The maximum Gasteiger partial charge on any atom is 0.228 e. The van der Waals surface area contributed by atoms with Crippen LogP contribution in [0.1, 0.15) is 17.8 Å². The third-order valence-corrected chi connectivity index (χ3v) is 7.02. The number of aromatic nitrogens is 2. The number of amides is 1. The molecule has 0 atom stereocenters. The second-order valence-corrected chi connectivity index (χ2v) is 8.80. The Morgan fingerprint density at radius 2 is 2.04 bits per heavy atom. The minimum absolute atomic E-state index is 0.171. The number of hydrogen-bond donors (Lipinski definition) is 0. The van der Waals surface area contributed by atoms with Crippen molar-refractivity contribution in [2.24, 2.45) is 0 Å². The second kappa shape index (κ2) is 7.85. The smallest absolute Gasteiger partial charge is 0.228 e. The summed E-state index contributed by atoms with van der Waals surface area (Å²) in [5, 5.41) is 10.3. The number of carbonyl (C=O) groups excluding carboxylic acids is 1. The van der Waals surface area contributed by atoms with E-state index in [4.69, 9.17) is 0 Å². The molecule has 0 N–H and O–H groups in total. The van der Waals surface area contributed by atoms with Gasteiger partial charge in [-0.1, -0.05) is 0 Å².